The van der Waals surface area contributed by atoms with Crippen molar-refractivity contribution in [1.82, 2.24) is 0 Å². The van der Waals surface area contributed by atoms with Gasteiger partial charge in [-0.15, -0.1) is 0 Å². The van der Waals surface area contributed by atoms with Crippen molar-refractivity contribution >= 4 is 24.0 Å². The number of anilines is 1. The van der Waals surface area contributed by atoms with Crippen LogP contribution >= 0.6 is 0 Å². The third-order valence-electron chi connectivity index (χ3n) is 3.34. The topological polar surface area (TPSA) is 119 Å². The van der Waals surface area contributed by atoms with Gasteiger partial charge in [-0.25, -0.2) is 0 Å². The van der Waals surface area contributed by atoms with Crippen LogP contribution in [-0.4, -0.2) is 33.4 Å². The number of hydrogen-bond acceptors (Lipinski definition) is 6. The average molecular weight is 282 g/mol. The molecule has 0 saturated carbocycles. The summed E-state index contributed by atoms with van der Waals surface area (Å²) in [7, 11) is -1.43. The minimum absolute atomic E-state index is 0.151. The van der Waals surface area contributed by atoms with Crippen LogP contribution in [0.2, 0.25) is 0 Å². The van der Waals surface area contributed by atoms with Gasteiger partial charge >= 0.3 is 7.12 Å². The van der Waals surface area contributed by atoms with E-state index in [2.05, 4.69) is 0 Å². The quantitative estimate of drug-likeness (QED) is 0.312. The maximum absolute atomic E-state index is 10.8. The fourth-order valence-corrected chi connectivity index (χ4v) is 1.40. The second-order valence-corrected chi connectivity index (χ2v) is 5.65. The van der Waals surface area contributed by atoms with Crippen LogP contribution in [0.4, 0.5) is 11.4 Å². The summed E-state index contributed by atoms with van der Waals surface area (Å²) >= 11 is 0. The summed E-state index contributed by atoms with van der Waals surface area (Å²) in [5.74, 6) is 0. The van der Waals surface area contributed by atoms with Gasteiger partial charge in [0.25, 0.3) is 5.69 Å². The maximum atomic E-state index is 10.8. The molecule has 0 aliphatic heterocycles. The zero-order chi connectivity index (χ0) is 15.7. The van der Waals surface area contributed by atoms with Crippen LogP contribution in [0.25, 0.3) is 0 Å². The van der Waals surface area contributed by atoms with Gasteiger partial charge in [-0.05, 0) is 39.2 Å². The third kappa shape index (κ3) is 3.69. The fraction of sp³-hybridized carbons (Fsp3) is 0.500. The number of benzene rings is 1. The summed E-state index contributed by atoms with van der Waals surface area (Å²) in [5, 5.41) is 30.8. The van der Waals surface area contributed by atoms with Crippen LogP contribution in [0.1, 0.15) is 27.7 Å². The Morgan fingerprint density at radius 1 is 1.30 bits per heavy atom. The molecule has 8 heteroatoms. The summed E-state index contributed by atoms with van der Waals surface area (Å²) in [6.45, 7) is 6.30. The lowest BCUT2D eigenvalue weighted by Gasteiger charge is -2.38. The van der Waals surface area contributed by atoms with Gasteiger partial charge in [0, 0.05) is 17.8 Å². The zero-order valence-electron chi connectivity index (χ0n) is 12.0. The van der Waals surface area contributed by atoms with Gasteiger partial charge in [0.15, 0.2) is 0 Å². The number of nitro groups is 1. The standard InChI is InChI=1S/C12H19BN2O5/c1-11(2,16)12(3,4)20-13(17)8-5-9(14)7-10(6-8)15(18)19/h5-7,16-17H,14H2,1-4H3. The van der Waals surface area contributed by atoms with Crippen molar-refractivity contribution in [1.29, 1.82) is 0 Å². The second-order valence-electron chi connectivity index (χ2n) is 5.65. The maximum Gasteiger partial charge on any atom is 0.491 e. The van der Waals surface area contributed by atoms with E-state index in [-0.39, 0.29) is 16.8 Å². The molecule has 0 radical (unpaired) electrons. The van der Waals surface area contributed by atoms with E-state index < -0.39 is 23.2 Å². The molecule has 1 rings (SSSR count). The monoisotopic (exact) mass is 282 g/mol. The van der Waals surface area contributed by atoms with Gasteiger partial charge in [-0.2, -0.15) is 0 Å². The third-order valence-corrected chi connectivity index (χ3v) is 3.34. The van der Waals surface area contributed by atoms with Gasteiger partial charge in [0.2, 0.25) is 0 Å². The van der Waals surface area contributed by atoms with E-state index in [1.165, 1.54) is 18.2 Å². The van der Waals surface area contributed by atoms with Crippen LogP contribution < -0.4 is 11.2 Å². The first-order chi connectivity index (χ1) is 8.94. The van der Waals surface area contributed by atoms with E-state index in [9.17, 15) is 20.2 Å². The summed E-state index contributed by atoms with van der Waals surface area (Å²) in [6.07, 6.45) is 0. The van der Waals surface area contributed by atoms with E-state index in [1.807, 2.05) is 0 Å². The second kappa shape index (κ2) is 5.39. The molecule has 20 heavy (non-hydrogen) atoms. The molecule has 0 aromatic heterocycles. The van der Waals surface area contributed by atoms with Crippen LogP contribution in [0, 0.1) is 10.1 Å². The van der Waals surface area contributed by atoms with E-state index >= 15 is 0 Å². The SMILES string of the molecule is CC(C)(O)C(C)(C)OB(O)c1cc(N)cc([N+](=O)[O-])c1. The predicted octanol–water partition coefficient (Wildman–Crippen LogP) is 0.431. The number of non-ortho nitro benzene ring substituents is 1. The lowest BCUT2D eigenvalue weighted by molar-refractivity contribution is -0.384. The molecular formula is C12H19BN2O5. The highest BCUT2D eigenvalue weighted by molar-refractivity contribution is 6.60. The van der Waals surface area contributed by atoms with E-state index in [0.29, 0.717) is 0 Å². The number of nitro benzene ring substituents is 1. The largest absolute Gasteiger partial charge is 0.491 e. The molecule has 0 unspecified atom stereocenters. The fourth-order valence-electron chi connectivity index (χ4n) is 1.40. The van der Waals surface area contributed by atoms with Crippen LogP contribution in [0.3, 0.4) is 0 Å². The Labute approximate surface area is 117 Å². The molecule has 0 bridgehead atoms. The number of aliphatic hydroxyl groups is 1. The van der Waals surface area contributed by atoms with Crippen molar-refractivity contribution in [3.8, 4) is 0 Å². The molecule has 0 heterocycles. The molecule has 0 aliphatic rings. The highest BCUT2D eigenvalue weighted by atomic mass is 16.6. The predicted molar refractivity (Wildman–Crippen MR) is 76.6 cm³/mol. The molecule has 0 saturated heterocycles. The molecule has 0 spiro atoms. The molecule has 0 atom stereocenters. The highest BCUT2D eigenvalue weighted by Crippen LogP contribution is 2.25. The summed E-state index contributed by atoms with van der Waals surface area (Å²) in [6, 6.07) is 3.76. The van der Waals surface area contributed by atoms with Gasteiger partial charge in [0.1, 0.15) is 0 Å². The first kappa shape index (κ1) is 16.4. The molecular weight excluding hydrogens is 263 g/mol. The highest BCUT2D eigenvalue weighted by Gasteiger charge is 2.39. The lowest BCUT2D eigenvalue weighted by Crippen LogP contribution is -2.53. The minimum atomic E-state index is -1.43. The number of rotatable bonds is 5. The van der Waals surface area contributed by atoms with E-state index in [1.54, 1.807) is 27.7 Å². The molecule has 0 amide bonds. The van der Waals surface area contributed by atoms with Gasteiger partial charge in [-0.1, -0.05) is 0 Å². The molecule has 7 nitrogen and oxygen atoms in total. The number of nitrogen functional groups attached to an aromatic ring is 1. The number of nitrogens with two attached hydrogens (primary N) is 1. The Hall–Kier alpha value is -1.64. The number of hydrogen-bond donors (Lipinski definition) is 3. The van der Waals surface area contributed by atoms with Crippen LogP contribution in [0.5, 0.6) is 0 Å². The lowest BCUT2D eigenvalue weighted by atomic mass is 9.76. The van der Waals surface area contributed by atoms with Crippen molar-refractivity contribution in [2.24, 2.45) is 0 Å². The minimum Gasteiger partial charge on any atom is -0.423 e. The van der Waals surface area contributed by atoms with E-state index in [0.717, 1.165) is 0 Å². The first-order valence-corrected chi connectivity index (χ1v) is 6.07. The first-order valence-electron chi connectivity index (χ1n) is 6.07. The Morgan fingerprint density at radius 3 is 2.30 bits per heavy atom. The molecule has 1 aromatic carbocycles. The summed E-state index contributed by atoms with van der Waals surface area (Å²) in [5.41, 5.74) is 3.37. The summed E-state index contributed by atoms with van der Waals surface area (Å²) < 4.78 is 5.41. The molecule has 0 fully saturated rings. The number of nitrogens with zero attached hydrogens (tertiary/aromatic N) is 1. The van der Waals surface area contributed by atoms with Gasteiger partial charge in [0.05, 0.1) is 16.1 Å². The van der Waals surface area contributed by atoms with Crippen LogP contribution in [-0.2, 0) is 4.65 Å². The van der Waals surface area contributed by atoms with Gasteiger partial charge in [-0.3, -0.25) is 10.1 Å². The Bertz CT molecular complexity index is 513. The Balaban J connectivity index is 3.04. The Morgan fingerprint density at radius 2 is 1.85 bits per heavy atom. The van der Waals surface area contributed by atoms with Crippen molar-refractivity contribution < 1.29 is 19.7 Å². The molecule has 1 aromatic rings. The molecule has 110 valence electrons. The molecule has 0 aliphatic carbocycles. The average Bonchev–Trinajstić information content (AvgIpc) is 2.25. The smallest absolute Gasteiger partial charge is 0.423 e. The summed E-state index contributed by atoms with van der Waals surface area (Å²) in [4.78, 5) is 10.2. The van der Waals surface area contributed by atoms with Crippen molar-refractivity contribution in [2.45, 2.75) is 38.9 Å². The van der Waals surface area contributed by atoms with Gasteiger partial charge < -0.3 is 20.5 Å². The molecule has 4 N–H and O–H groups in total. The Kier molecular flexibility index (Phi) is 4.43. The van der Waals surface area contributed by atoms with E-state index in [4.69, 9.17) is 10.4 Å². The zero-order valence-corrected chi connectivity index (χ0v) is 12.0. The van der Waals surface area contributed by atoms with Crippen molar-refractivity contribution in [3.05, 3.63) is 28.3 Å². The van der Waals surface area contributed by atoms with Crippen molar-refractivity contribution in [2.75, 3.05) is 5.73 Å². The van der Waals surface area contributed by atoms with Crippen molar-refractivity contribution in [3.63, 3.8) is 0 Å². The normalized spacial score (nSPS) is 12.3. The van der Waals surface area contributed by atoms with Crippen LogP contribution in [0.15, 0.2) is 18.2 Å².